The van der Waals surface area contributed by atoms with E-state index in [9.17, 15) is 19.2 Å². The third kappa shape index (κ3) is 4.40. The molecule has 1 fully saturated rings. The molecule has 1 unspecified atom stereocenters. The molecule has 2 N–H and O–H groups in total. The van der Waals surface area contributed by atoms with E-state index in [4.69, 9.17) is 5.11 Å². The van der Waals surface area contributed by atoms with Crippen LogP contribution < -0.4 is 10.2 Å². The van der Waals surface area contributed by atoms with Crippen molar-refractivity contribution in [2.45, 2.75) is 25.0 Å². The van der Waals surface area contributed by atoms with Crippen molar-refractivity contribution in [2.24, 2.45) is 0 Å². The summed E-state index contributed by atoms with van der Waals surface area (Å²) in [4.78, 5) is 49.1. The van der Waals surface area contributed by atoms with Crippen LogP contribution in [0.4, 0.5) is 16.2 Å². The second kappa shape index (κ2) is 8.26. The number of carbonyl (C=O) groups excluding carboxylic acids is 3. The molecule has 3 amide bonds. The third-order valence-electron chi connectivity index (χ3n) is 4.24. The second-order valence-electron chi connectivity index (χ2n) is 6.35. The summed E-state index contributed by atoms with van der Waals surface area (Å²) < 4.78 is 0. The number of carbonyl (C=O) groups is 4. The monoisotopic (exact) mass is 398 g/mol. The van der Waals surface area contributed by atoms with Gasteiger partial charge in [-0.05, 0) is 48.0 Å². The van der Waals surface area contributed by atoms with Gasteiger partial charge in [-0.15, -0.1) is 0 Å². The zero-order valence-electron chi connectivity index (χ0n) is 15.0. The molecule has 0 spiro atoms. The van der Waals surface area contributed by atoms with Gasteiger partial charge in [-0.25, -0.2) is 4.90 Å². The van der Waals surface area contributed by atoms with Crippen molar-refractivity contribution in [3.05, 3.63) is 59.7 Å². The van der Waals surface area contributed by atoms with Crippen LogP contribution in [0.3, 0.4) is 0 Å². The predicted octanol–water partition coefficient (Wildman–Crippen LogP) is 3.22. The van der Waals surface area contributed by atoms with Gasteiger partial charge in [-0.3, -0.25) is 19.2 Å². The standard InChI is InChI=1S/C20H18N2O5S/c1-12-4-2-3-5-15(12)22-19(26)16(28-20(22)27)11-17(23)21-14-8-6-13(7-9-14)10-18(24)25/h2-9,16H,10-11H2,1H3,(H,21,23)(H,24,25). The van der Waals surface area contributed by atoms with Gasteiger partial charge in [-0.2, -0.15) is 0 Å². The van der Waals surface area contributed by atoms with Gasteiger partial charge in [0.05, 0.1) is 12.1 Å². The maximum Gasteiger partial charge on any atom is 0.307 e. The molecular weight excluding hydrogens is 380 g/mol. The van der Waals surface area contributed by atoms with Crippen molar-refractivity contribution < 1.29 is 24.3 Å². The van der Waals surface area contributed by atoms with Crippen LogP contribution in [0.5, 0.6) is 0 Å². The molecule has 8 heteroatoms. The van der Waals surface area contributed by atoms with Crippen molar-refractivity contribution >= 4 is 46.2 Å². The van der Waals surface area contributed by atoms with E-state index in [0.29, 0.717) is 16.9 Å². The molecule has 28 heavy (non-hydrogen) atoms. The van der Waals surface area contributed by atoms with Gasteiger partial charge in [0.2, 0.25) is 11.8 Å². The Bertz CT molecular complexity index is 942. The number of hydrogen-bond acceptors (Lipinski definition) is 5. The van der Waals surface area contributed by atoms with E-state index in [1.54, 1.807) is 36.4 Å². The van der Waals surface area contributed by atoms with Gasteiger partial charge in [0.15, 0.2) is 0 Å². The van der Waals surface area contributed by atoms with Crippen molar-refractivity contribution in [2.75, 3.05) is 10.2 Å². The molecule has 0 saturated carbocycles. The van der Waals surface area contributed by atoms with E-state index in [1.165, 1.54) is 0 Å². The van der Waals surface area contributed by atoms with Crippen molar-refractivity contribution in [1.82, 2.24) is 0 Å². The Morgan fingerprint density at radius 1 is 1.11 bits per heavy atom. The van der Waals surface area contributed by atoms with E-state index in [0.717, 1.165) is 22.2 Å². The number of nitrogens with zero attached hydrogens (tertiary/aromatic N) is 1. The number of benzene rings is 2. The smallest absolute Gasteiger partial charge is 0.307 e. The van der Waals surface area contributed by atoms with Crippen molar-refractivity contribution in [3.63, 3.8) is 0 Å². The molecule has 0 aliphatic carbocycles. The van der Waals surface area contributed by atoms with Gasteiger partial charge >= 0.3 is 5.97 Å². The third-order valence-corrected chi connectivity index (χ3v) is 5.28. The summed E-state index contributed by atoms with van der Waals surface area (Å²) >= 11 is 0.845. The SMILES string of the molecule is Cc1ccccc1N1C(=O)SC(CC(=O)Nc2ccc(CC(=O)O)cc2)C1=O. The van der Waals surface area contributed by atoms with Crippen molar-refractivity contribution in [1.29, 1.82) is 0 Å². The first kappa shape index (κ1) is 19.6. The van der Waals surface area contributed by atoms with Crippen LogP contribution in [0.2, 0.25) is 0 Å². The number of carboxylic acid groups (broad SMARTS) is 1. The minimum Gasteiger partial charge on any atom is -0.481 e. The number of anilines is 2. The molecule has 1 aliphatic heterocycles. The number of rotatable bonds is 6. The molecule has 7 nitrogen and oxygen atoms in total. The quantitative estimate of drug-likeness (QED) is 0.774. The summed E-state index contributed by atoms with van der Waals surface area (Å²) in [5, 5.41) is 10.3. The van der Waals surface area contributed by atoms with Gasteiger partial charge in [0, 0.05) is 12.1 Å². The highest BCUT2D eigenvalue weighted by molar-refractivity contribution is 8.15. The minimum absolute atomic E-state index is 0.0989. The van der Waals surface area contributed by atoms with E-state index in [-0.39, 0.29) is 12.8 Å². The van der Waals surface area contributed by atoms with E-state index >= 15 is 0 Å². The highest BCUT2D eigenvalue weighted by Crippen LogP contribution is 2.34. The summed E-state index contributed by atoms with van der Waals surface area (Å²) in [6.07, 6.45) is -0.229. The Labute approximate surface area is 165 Å². The topological polar surface area (TPSA) is 104 Å². The highest BCUT2D eigenvalue weighted by Gasteiger charge is 2.41. The number of amides is 3. The number of carboxylic acids is 1. The van der Waals surface area contributed by atoms with E-state index < -0.39 is 28.3 Å². The number of para-hydroxylation sites is 1. The lowest BCUT2D eigenvalue weighted by atomic mass is 10.1. The number of thioether (sulfide) groups is 1. The molecule has 1 heterocycles. The lowest BCUT2D eigenvalue weighted by molar-refractivity contribution is -0.136. The normalized spacial score (nSPS) is 16.3. The summed E-state index contributed by atoms with van der Waals surface area (Å²) in [5.41, 5.74) is 2.45. The maximum atomic E-state index is 12.7. The number of aryl methyl sites for hydroxylation is 1. The molecule has 1 aliphatic rings. The average Bonchev–Trinajstić information content (AvgIpc) is 2.90. The molecule has 2 aromatic rings. The molecule has 144 valence electrons. The fraction of sp³-hybridized carbons (Fsp3) is 0.200. The number of nitrogens with one attached hydrogen (secondary N) is 1. The number of imide groups is 1. The second-order valence-corrected chi connectivity index (χ2v) is 7.51. The summed E-state index contributed by atoms with van der Waals surface area (Å²) in [5.74, 6) is -1.73. The summed E-state index contributed by atoms with van der Waals surface area (Å²) in [6.45, 7) is 1.81. The van der Waals surface area contributed by atoms with Gasteiger partial charge in [0.25, 0.3) is 5.24 Å². The van der Waals surface area contributed by atoms with Crippen LogP contribution in [-0.2, 0) is 20.8 Å². The lowest BCUT2D eigenvalue weighted by Gasteiger charge is -2.16. The molecule has 0 radical (unpaired) electrons. The fourth-order valence-corrected chi connectivity index (χ4v) is 3.86. The Kier molecular flexibility index (Phi) is 5.79. The largest absolute Gasteiger partial charge is 0.481 e. The minimum atomic E-state index is -0.934. The first-order valence-corrected chi connectivity index (χ1v) is 9.44. The van der Waals surface area contributed by atoms with Gasteiger partial charge < -0.3 is 10.4 Å². The van der Waals surface area contributed by atoms with Gasteiger partial charge in [0.1, 0.15) is 5.25 Å². The van der Waals surface area contributed by atoms with Crippen molar-refractivity contribution in [3.8, 4) is 0 Å². The summed E-state index contributed by atoms with van der Waals surface area (Å²) in [6, 6.07) is 13.5. The van der Waals surface area contributed by atoms with Crippen LogP contribution in [-0.4, -0.2) is 33.4 Å². The van der Waals surface area contributed by atoms with Crippen LogP contribution in [0.1, 0.15) is 17.5 Å². The maximum absolute atomic E-state index is 12.7. The Morgan fingerprint density at radius 2 is 1.79 bits per heavy atom. The molecule has 1 atom stereocenters. The predicted molar refractivity (Wildman–Crippen MR) is 106 cm³/mol. The average molecular weight is 398 g/mol. The molecular formula is C20H18N2O5S. The first-order chi connectivity index (χ1) is 13.3. The Hall–Kier alpha value is -3.13. The molecule has 1 saturated heterocycles. The lowest BCUT2D eigenvalue weighted by Crippen LogP contribution is -2.33. The number of aliphatic carboxylic acids is 1. The highest BCUT2D eigenvalue weighted by atomic mass is 32.2. The van der Waals surface area contributed by atoms with Crippen LogP contribution in [0.15, 0.2) is 48.5 Å². The fourth-order valence-electron chi connectivity index (χ4n) is 2.88. The molecule has 0 bridgehead atoms. The van der Waals surface area contributed by atoms with Crippen LogP contribution in [0.25, 0.3) is 0 Å². The zero-order chi connectivity index (χ0) is 20.3. The number of hydrogen-bond donors (Lipinski definition) is 2. The Morgan fingerprint density at radius 3 is 2.43 bits per heavy atom. The zero-order valence-corrected chi connectivity index (χ0v) is 15.9. The van der Waals surface area contributed by atoms with E-state index in [2.05, 4.69) is 5.32 Å². The molecule has 0 aromatic heterocycles. The summed E-state index contributed by atoms with van der Waals surface area (Å²) in [7, 11) is 0. The molecule has 2 aromatic carbocycles. The van der Waals surface area contributed by atoms with Crippen LogP contribution >= 0.6 is 11.8 Å². The van der Waals surface area contributed by atoms with Gasteiger partial charge in [-0.1, -0.05) is 30.3 Å². The molecule has 3 rings (SSSR count). The van der Waals surface area contributed by atoms with E-state index in [1.807, 2.05) is 19.1 Å². The first-order valence-electron chi connectivity index (χ1n) is 8.56. The Balaban J connectivity index is 1.63. The van der Waals surface area contributed by atoms with Crippen LogP contribution in [0, 0.1) is 6.92 Å².